The second kappa shape index (κ2) is 5.53. The van der Waals surface area contributed by atoms with Crippen LogP contribution in [0.25, 0.3) is 0 Å². The van der Waals surface area contributed by atoms with Gasteiger partial charge in [0, 0.05) is 23.4 Å². The van der Waals surface area contributed by atoms with E-state index in [0.29, 0.717) is 15.7 Å². The van der Waals surface area contributed by atoms with E-state index < -0.39 is 11.2 Å². The Labute approximate surface area is 124 Å². The maximum Gasteiger partial charge on any atom is 0.247 e. The summed E-state index contributed by atoms with van der Waals surface area (Å²) in [6.07, 6.45) is 0.00716. The van der Waals surface area contributed by atoms with Crippen molar-refractivity contribution in [2.24, 2.45) is 0 Å². The molecular formula is C12H9Cl2NO3S. The van der Waals surface area contributed by atoms with Gasteiger partial charge >= 0.3 is 0 Å². The molecule has 2 rings (SSSR count). The lowest BCUT2D eigenvalue weighted by Gasteiger charge is -2.15. The molecule has 0 aromatic heterocycles. The summed E-state index contributed by atoms with van der Waals surface area (Å²) in [4.78, 5) is 36.1. The molecule has 1 aromatic rings. The van der Waals surface area contributed by atoms with E-state index in [1.165, 1.54) is 25.1 Å². The Morgan fingerprint density at radius 2 is 1.84 bits per heavy atom. The summed E-state index contributed by atoms with van der Waals surface area (Å²) in [5.74, 6) is -0.773. The van der Waals surface area contributed by atoms with Crippen molar-refractivity contribution in [3.05, 3.63) is 28.2 Å². The molecule has 19 heavy (non-hydrogen) atoms. The van der Waals surface area contributed by atoms with Crippen LogP contribution in [0.1, 0.15) is 13.3 Å². The second-order valence-electron chi connectivity index (χ2n) is 4.00. The molecule has 0 unspecified atom stereocenters. The van der Waals surface area contributed by atoms with Crippen LogP contribution >= 0.6 is 35.0 Å². The van der Waals surface area contributed by atoms with Crippen molar-refractivity contribution in [2.75, 3.05) is 4.90 Å². The monoisotopic (exact) mass is 317 g/mol. The number of nitrogens with zero attached hydrogens (tertiary/aromatic N) is 1. The lowest BCUT2D eigenvalue weighted by atomic mass is 10.3. The highest BCUT2D eigenvalue weighted by Crippen LogP contribution is 2.32. The van der Waals surface area contributed by atoms with Gasteiger partial charge in [-0.25, -0.2) is 4.90 Å². The highest BCUT2D eigenvalue weighted by atomic mass is 35.5. The molecule has 0 saturated carbocycles. The summed E-state index contributed by atoms with van der Waals surface area (Å²) in [7, 11) is 0. The molecule has 1 fully saturated rings. The van der Waals surface area contributed by atoms with Crippen LogP contribution in [0.4, 0.5) is 5.69 Å². The van der Waals surface area contributed by atoms with E-state index in [2.05, 4.69) is 0 Å². The van der Waals surface area contributed by atoms with Crippen molar-refractivity contribution in [2.45, 2.75) is 18.6 Å². The molecule has 100 valence electrons. The molecule has 0 bridgehead atoms. The predicted molar refractivity (Wildman–Crippen MR) is 75.6 cm³/mol. The van der Waals surface area contributed by atoms with Crippen LogP contribution in [0.2, 0.25) is 10.0 Å². The van der Waals surface area contributed by atoms with Gasteiger partial charge in [0.05, 0.1) is 5.69 Å². The molecule has 0 N–H and O–H groups in total. The van der Waals surface area contributed by atoms with E-state index in [1.54, 1.807) is 0 Å². The number of amides is 2. The van der Waals surface area contributed by atoms with Crippen LogP contribution in [-0.4, -0.2) is 22.2 Å². The van der Waals surface area contributed by atoms with Gasteiger partial charge in [-0.05, 0) is 18.2 Å². The van der Waals surface area contributed by atoms with Gasteiger partial charge in [-0.2, -0.15) is 0 Å². The molecule has 1 aliphatic heterocycles. The minimum Gasteiger partial charge on any atom is -0.288 e. The average Bonchev–Trinajstić information content (AvgIpc) is 2.51. The topological polar surface area (TPSA) is 54.5 Å². The van der Waals surface area contributed by atoms with Gasteiger partial charge in [-0.15, -0.1) is 0 Å². The highest BCUT2D eigenvalue weighted by molar-refractivity contribution is 8.14. The Bertz CT molecular complexity index is 556. The van der Waals surface area contributed by atoms with E-state index in [-0.39, 0.29) is 17.4 Å². The second-order valence-corrected chi connectivity index (χ2v) is 6.25. The van der Waals surface area contributed by atoms with Crippen LogP contribution in [0.5, 0.6) is 0 Å². The molecule has 1 saturated heterocycles. The van der Waals surface area contributed by atoms with Crippen molar-refractivity contribution in [3.8, 4) is 0 Å². The number of benzene rings is 1. The van der Waals surface area contributed by atoms with Gasteiger partial charge in [0.1, 0.15) is 5.25 Å². The third-order valence-electron chi connectivity index (χ3n) is 2.52. The third kappa shape index (κ3) is 3.11. The Kier molecular flexibility index (Phi) is 4.18. The van der Waals surface area contributed by atoms with Crippen molar-refractivity contribution in [3.63, 3.8) is 0 Å². The fourth-order valence-electron chi connectivity index (χ4n) is 1.84. The number of hydrogen-bond donors (Lipinski definition) is 0. The van der Waals surface area contributed by atoms with E-state index >= 15 is 0 Å². The van der Waals surface area contributed by atoms with Crippen molar-refractivity contribution in [1.82, 2.24) is 0 Å². The number of hydrogen-bond acceptors (Lipinski definition) is 4. The lowest BCUT2D eigenvalue weighted by Crippen LogP contribution is -2.31. The summed E-state index contributed by atoms with van der Waals surface area (Å²) in [5, 5.41) is -0.184. The summed E-state index contributed by atoms with van der Waals surface area (Å²) in [6.45, 7) is 1.36. The number of carbonyl (C=O) groups excluding carboxylic acids is 3. The van der Waals surface area contributed by atoms with Crippen LogP contribution in [0, 0.1) is 0 Å². The summed E-state index contributed by atoms with van der Waals surface area (Å²) in [5.41, 5.74) is 0.333. The maximum absolute atomic E-state index is 12.1. The smallest absolute Gasteiger partial charge is 0.247 e. The molecule has 0 radical (unpaired) electrons. The van der Waals surface area contributed by atoms with E-state index in [4.69, 9.17) is 23.2 Å². The fraction of sp³-hybridized carbons (Fsp3) is 0.250. The minimum atomic E-state index is -0.664. The molecule has 2 amide bonds. The zero-order valence-corrected chi connectivity index (χ0v) is 12.2. The molecule has 0 aliphatic carbocycles. The quantitative estimate of drug-likeness (QED) is 0.787. The molecule has 1 aliphatic rings. The Balaban J connectivity index is 2.32. The molecular weight excluding hydrogens is 309 g/mol. The summed E-state index contributed by atoms with van der Waals surface area (Å²) >= 11 is 12.6. The van der Waals surface area contributed by atoms with Crippen molar-refractivity contribution >= 4 is 57.6 Å². The first-order chi connectivity index (χ1) is 8.88. The molecule has 4 nitrogen and oxygen atoms in total. The average molecular weight is 318 g/mol. The molecule has 0 spiro atoms. The lowest BCUT2D eigenvalue weighted by molar-refractivity contribution is -0.121. The van der Waals surface area contributed by atoms with Crippen LogP contribution < -0.4 is 4.90 Å². The Hall–Kier alpha value is -1.04. The van der Waals surface area contributed by atoms with Gasteiger partial charge in [0.2, 0.25) is 11.8 Å². The van der Waals surface area contributed by atoms with Crippen LogP contribution in [0.3, 0.4) is 0 Å². The predicted octanol–water partition coefficient (Wildman–Crippen LogP) is 2.91. The first-order valence-corrected chi connectivity index (χ1v) is 7.02. The van der Waals surface area contributed by atoms with Crippen LogP contribution in [0.15, 0.2) is 18.2 Å². The van der Waals surface area contributed by atoms with Gasteiger partial charge < -0.3 is 0 Å². The number of halogens is 2. The van der Waals surface area contributed by atoms with Gasteiger partial charge in [0.25, 0.3) is 0 Å². The number of rotatable bonds is 2. The first kappa shape index (κ1) is 14.4. The van der Waals surface area contributed by atoms with E-state index in [0.717, 1.165) is 16.7 Å². The summed E-state index contributed by atoms with van der Waals surface area (Å²) in [6, 6.07) is 4.49. The Morgan fingerprint density at radius 1 is 1.26 bits per heavy atom. The van der Waals surface area contributed by atoms with Gasteiger partial charge in [0.15, 0.2) is 5.12 Å². The van der Waals surface area contributed by atoms with Crippen LogP contribution in [-0.2, 0) is 14.4 Å². The van der Waals surface area contributed by atoms with Crippen molar-refractivity contribution in [1.29, 1.82) is 0 Å². The number of thioether (sulfide) groups is 1. The maximum atomic E-state index is 12.1. The van der Waals surface area contributed by atoms with E-state index in [9.17, 15) is 14.4 Å². The third-order valence-corrected chi connectivity index (χ3v) is 3.94. The highest BCUT2D eigenvalue weighted by Gasteiger charge is 2.40. The molecule has 1 heterocycles. The van der Waals surface area contributed by atoms with Gasteiger partial charge in [-0.1, -0.05) is 35.0 Å². The summed E-state index contributed by atoms with van der Waals surface area (Å²) < 4.78 is 0. The Morgan fingerprint density at radius 3 is 2.37 bits per heavy atom. The fourth-order valence-corrected chi connectivity index (χ4v) is 3.18. The molecule has 1 atom stereocenters. The zero-order chi connectivity index (χ0) is 14.2. The minimum absolute atomic E-state index is 0.00716. The number of carbonyl (C=O) groups is 3. The van der Waals surface area contributed by atoms with Gasteiger partial charge in [-0.3, -0.25) is 14.4 Å². The molecule has 1 aromatic carbocycles. The standard InChI is InChI=1S/C12H9Cl2NO3S/c1-6(16)19-10-5-11(17)15(12(10)18)9-3-7(13)2-8(14)4-9/h2-4,10H,5H2,1H3/t10-/m1/s1. The first-order valence-electron chi connectivity index (χ1n) is 5.38. The molecule has 7 heteroatoms. The number of imide groups is 1. The number of anilines is 1. The zero-order valence-electron chi connectivity index (χ0n) is 9.85. The largest absolute Gasteiger partial charge is 0.288 e. The van der Waals surface area contributed by atoms with Crippen molar-refractivity contribution < 1.29 is 14.4 Å². The van der Waals surface area contributed by atoms with E-state index in [1.807, 2.05) is 0 Å². The normalized spacial score (nSPS) is 19.1. The SMILES string of the molecule is CC(=O)S[C@@H]1CC(=O)N(c2cc(Cl)cc(Cl)c2)C1=O.